The summed E-state index contributed by atoms with van der Waals surface area (Å²) in [7, 11) is 2.10. The lowest BCUT2D eigenvalue weighted by Gasteiger charge is -2.23. The van der Waals surface area contributed by atoms with Crippen molar-refractivity contribution in [1.29, 1.82) is 0 Å². The monoisotopic (exact) mass is 271 g/mol. The lowest BCUT2D eigenvalue weighted by atomic mass is 10.1. The van der Waals surface area contributed by atoms with Gasteiger partial charge < -0.3 is 4.90 Å². The van der Waals surface area contributed by atoms with Crippen LogP contribution in [0, 0.1) is 5.92 Å². The number of aromatic nitrogens is 2. The van der Waals surface area contributed by atoms with E-state index < -0.39 is 0 Å². The average molecular weight is 271 g/mol. The Hall–Kier alpha value is -1.88. The van der Waals surface area contributed by atoms with Crippen molar-refractivity contribution < 1.29 is 0 Å². The van der Waals surface area contributed by atoms with Gasteiger partial charge in [0.1, 0.15) is 5.82 Å². The Morgan fingerprint density at radius 3 is 2.75 bits per heavy atom. The van der Waals surface area contributed by atoms with Crippen LogP contribution in [0.4, 0.5) is 11.8 Å². The number of nitrogens with zero attached hydrogens (tertiary/aromatic N) is 3. The smallest absolute Gasteiger partial charge is 0.239 e. The summed E-state index contributed by atoms with van der Waals surface area (Å²) in [6.45, 7) is 1.05. The van der Waals surface area contributed by atoms with Crippen LogP contribution in [0.15, 0.2) is 24.3 Å². The van der Waals surface area contributed by atoms with Crippen LogP contribution in [0.5, 0.6) is 0 Å². The molecule has 3 rings (SSSR count). The summed E-state index contributed by atoms with van der Waals surface area (Å²) in [4.78, 5) is 11.2. The molecular formula is C15H21N5. The molecule has 5 heteroatoms. The third-order valence-electron chi connectivity index (χ3n) is 4.08. The Morgan fingerprint density at radius 2 is 2.00 bits per heavy atom. The van der Waals surface area contributed by atoms with Crippen molar-refractivity contribution >= 4 is 22.7 Å². The van der Waals surface area contributed by atoms with Crippen molar-refractivity contribution in [3.8, 4) is 0 Å². The summed E-state index contributed by atoms with van der Waals surface area (Å²) < 4.78 is 0. The van der Waals surface area contributed by atoms with E-state index in [1.807, 2.05) is 18.2 Å². The van der Waals surface area contributed by atoms with Crippen LogP contribution in [0.25, 0.3) is 10.9 Å². The number of hydrogen-bond acceptors (Lipinski definition) is 5. The van der Waals surface area contributed by atoms with Crippen molar-refractivity contribution in [2.24, 2.45) is 11.8 Å². The molecule has 1 fully saturated rings. The molecule has 1 aliphatic carbocycles. The molecule has 0 atom stereocenters. The maximum Gasteiger partial charge on any atom is 0.239 e. The number of hydrazine groups is 1. The van der Waals surface area contributed by atoms with Gasteiger partial charge in [-0.15, -0.1) is 0 Å². The Kier molecular flexibility index (Phi) is 3.69. The predicted molar refractivity (Wildman–Crippen MR) is 82.6 cm³/mol. The molecule has 3 N–H and O–H groups in total. The van der Waals surface area contributed by atoms with E-state index in [9.17, 15) is 0 Å². The molecule has 0 radical (unpaired) electrons. The Bertz CT molecular complexity index is 592. The summed E-state index contributed by atoms with van der Waals surface area (Å²) in [6.07, 6.45) is 5.38. The third kappa shape index (κ3) is 2.54. The standard InChI is InChI=1S/C15H21N5/c1-20(10-11-6-2-3-7-11)14-12-8-4-5-9-13(12)17-15(18-14)19-16/h4-5,8-9,11H,2-3,6-7,10,16H2,1H3,(H,17,18,19). The molecule has 106 valence electrons. The maximum atomic E-state index is 5.48. The summed E-state index contributed by atoms with van der Waals surface area (Å²) in [5.41, 5.74) is 3.48. The normalized spacial score (nSPS) is 15.7. The van der Waals surface area contributed by atoms with Crippen LogP contribution >= 0.6 is 0 Å². The van der Waals surface area contributed by atoms with Crippen molar-refractivity contribution in [2.75, 3.05) is 23.9 Å². The zero-order valence-corrected chi connectivity index (χ0v) is 11.8. The molecule has 0 bridgehead atoms. The van der Waals surface area contributed by atoms with Gasteiger partial charge in [0.05, 0.1) is 5.52 Å². The van der Waals surface area contributed by atoms with Gasteiger partial charge in [-0.1, -0.05) is 25.0 Å². The molecule has 1 aromatic heterocycles. The molecule has 5 nitrogen and oxygen atoms in total. The highest BCUT2D eigenvalue weighted by molar-refractivity contribution is 5.90. The fraction of sp³-hybridized carbons (Fsp3) is 0.467. The Balaban J connectivity index is 1.95. The number of nitrogen functional groups attached to an aromatic ring is 1. The number of para-hydroxylation sites is 1. The van der Waals surface area contributed by atoms with Crippen molar-refractivity contribution in [1.82, 2.24) is 9.97 Å². The number of nitrogens with two attached hydrogens (primary N) is 1. The fourth-order valence-corrected chi connectivity index (χ4v) is 3.08. The molecule has 0 amide bonds. The number of benzene rings is 1. The van der Waals surface area contributed by atoms with Gasteiger partial charge in [-0.2, -0.15) is 4.98 Å². The summed E-state index contributed by atoms with van der Waals surface area (Å²) in [5.74, 6) is 7.68. The minimum absolute atomic E-state index is 0.469. The van der Waals surface area contributed by atoms with E-state index in [4.69, 9.17) is 5.84 Å². The van der Waals surface area contributed by atoms with E-state index in [0.29, 0.717) is 5.95 Å². The summed E-state index contributed by atoms with van der Waals surface area (Å²) in [6, 6.07) is 8.06. The van der Waals surface area contributed by atoms with Gasteiger partial charge >= 0.3 is 0 Å². The van der Waals surface area contributed by atoms with Gasteiger partial charge in [-0.3, -0.25) is 5.43 Å². The number of anilines is 2. The number of fused-ring (bicyclic) bond motifs is 1. The van der Waals surface area contributed by atoms with Gasteiger partial charge in [0.2, 0.25) is 5.95 Å². The van der Waals surface area contributed by atoms with Crippen LogP contribution in [0.1, 0.15) is 25.7 Å². The predicted octanol–water partition coefficient (Wildman–Crippen LogP) is 2.54. The number of nitrogens with one attached hydrogen (secondary N) is 1. The van der Waals surface area contributed by atoms with E-state index >= 15 is 0 Å². The lowest BCUT2D eigenvalue weighted by Crippen LogP contribution is -2.26. The molecular weight excluding hydrogens is 250 g/mol. The minimum Gasteiger partial charge on any atom is -0.359 e. The molecule has 20 heavy (non-hydrogen) atoms. The molecule has 1 aliphatic rings. The van der Waals surface area contributed by atoms with Crippen LogP contribution in [-0.2, 0) is 0 Å². The third-order valence-corrected chi connectivity index (χ3v) is 4.08. The second-order valence-corrected chi connectivity index (χ2v) is 5.56. The van der Waals surface area contributed by atoms with Gasteiger partial charge in [0.15, 0.2) is 0 Å². The van der Waals surface area contributed by atoms with Crippen LogP contribution in [0.3, 0.4) is 0 Å². The molecule has 1 saturated carbocycles. The van der Waals surface area contributed by atoms with Crippen molar-refractivity contribution in [2.45, 2.75) is 25.7 Å². The second-order valence-electron chi connectivity index (χ2n) is 5.56. The molecule has 0 unspecified atom stereocenters. The zero-order chi connectivity index (χ0) is 13.9. The fourth-order valence-electron chi connectivity index (χ4n) is 3.08. The molecule has 0 aliphatic heterocycles. The van der Waals surface area contributed by atoms with Crippen LogP contribution in [-0.4, -0.2) is 23.6 Å². The quantitative estimate of drug-likeness (QED) is 0.660. The molecule has 0 spiro atoms. The topological polar surface area (TPSA) is 67.1 Å². The number of rotatable bonds is 4. The first-order valence-corrected chi connectivity index (χ1v) is 7.22. The van der Waals surface area contributed by atoms with Gasteiger partial charge in [0, 0.05) is 19.0 Å². The lowest BCUT2D eigenvalue weighted by molar-refractivity contribution is 0.545. The number of hydrogen-bond donors (Lipinski definition) is 2. The average Bonchev–Trinajstić information content (AvgIpc) is 2.98. The second kappa shape index (κ2) is 5.63. The van der Waals surface area contributed by atoms with E-state index in [0.717, 1.165) is 29.2 Å². The van der Waals surface area contributed by atoms with Gasteiger partial charge in [0.25, 0.3) is 0 Å². The largest absolute Gasteiger partial charge is 0.359 e. The minimum atomic E-state index is 0.469. The van der Waals surface area contributed by atoms with Gasteiger partial charge in [-0.05, 0) is 30.9 Å². The summed E-state index contributed by atoms with van der Waals surface area (Å²) in [5, 5.41) is 1.08. The molecule has 2 aromatic rings. The zero-order valence-electron chi connectivity index (χ0n) is 11.8. The van der Waals surface area contributed by atoms with Crippen molar-refractivity contribution in [3.05, 3.63) is 24.3 Å². The first kappa shape index (κ1) is 13.1. The molecule has 0 saturated heterocycles. The Morgan fingerprint density at radius 1 is 1.25 bits per heavy atom. The highest BCUT2D eigenvalue weighted by atomic mass is 15.3. The van der Waals surface area contributed by atoms with E-state index in [2.05, 4.69) is 33.4 Å². The first-order chi connectivity index (χ1) is 9.78. The SMILES string of the molecule is CN(CC1CCCC1)c1nc(NN)nc2ccccc12. The van der Waals surface area contributed by atoms with E-state index in [1.165, 1.54) is 25.7 Å². The van der Waals surface area contributed by atoms with E-state index in [1.54, 1.807) is 0 Å². The summed E-state index contributed by atoms with van der Waals surface area (Å²) >= 11 is 0. The van der Waals surface area contributed by atoms with Gasteiger partial charge in [-0.25, -0.2) is 10.8 Å². The molecule has 1 aromatic carbocycles. The van der Waals surface area contributed by atoms with Crippen molar-refractivity contribution in [3.63, 3.8) is 0 Å². The molecule has 1 heterocycles. The Labute approximate surface area is 119 Å². The maximum absolute atomic E-state index is 5.48. The first-order valence-electron chi connectivity index (χ1n) is 7.22. The van der Waals surface area contributed by atoms with Crippen LogP contribution in [0.2, 0.25) is 0 Å². The highest BCUT2D eigenvalue weighted by Gasteiger charge is 2.19. The van der Waals surface area contributed by atoms with Crippen LogP contribution < -0.4 is 16.2 Å². The van der Waals surface area contributed by atoms with E-state index in [-0.39, 0.29) is 0 Å². The highest BCUT2D eigenvalue weighted by Crippen LogP contribution is 2.29.